The maximum atomic E-state index is 12.9. The molecule has 0 spiro atoms. The summed E-state index contributed by atoms with van der Waals surface area (Å²) in [6, 6.07) is 1.20. The molecule has 0 saturated heterocycles. The molecular formula is C11H11F2NO4. The first-order valence-electron chi connectivity index (χ1n) is 5.05. The molecule has 0 bridgehead atoms. The van der Waals surface area contributed by atoms with Gasteiger partial charge in [-0.1, -0.05) is 6.92 Å². The van der Waals surface area contributed by atoms with Crippen LogP contribution in [0, 0.1) is 11.6 Å². The van der Waals surface area contributed by atoms with E-state index in [-0.39, 0.29) is 12.1 Å². The number of benzene rings is 1. The highest BCUT2D eigenvalue weighted by atomic mass is 19.2. The van der Waals surface area contributed by atoms with E-state index in [1.807, 2.05) is 0 Å². The minimum absolute atomic E-state index is 0.0463. The van der Waals surface area contributed by atoms with Gasteiger partial charge in [-0.3, -0.25) is 0 Å². The lowest BCUT2D eigenvalue weighted by atomic mass is 10.1. The normalized spacial score (nSPS) is 11.9. The summed E-state index contributed by atoms with van der Waals surface area (Å²) in [5.74, 6) is -4.90. The smallest absolute Gasteiger partial charge is 0.345 e. The Kier molecular flexibility index (Phi) is 4.19. The molecule has 5 nitrogen and oxygen atoms in total. The Morgan fingerprint density at radius 3 is 2.44 bits per heavy atom. The van der Waals surface area contributed by atoms with Gasteiger partial charge in [-0.15, -0.1) is 0 Å². The number of carbonyl (C=O) groups is 2. The van der Waals surface area contributed by atoms with E-state index in [9.17, 15) is 18.4 Å². The third kappa shape index (κ3) is 2.93. The Morgan fingerprint density at radius 1 is 1.39 bits per heavy atom. The number of nitrogens with two attached hydrogens (primary N) is 1. The fraction of sp³-hybridized carbons (Fsp3) is 0.273. The first-order chi connectivity index (χ1) is 8.36. The molecule has 0 radical (unpaired) electrons. The molecule has 0 saturated carbocycles. The zero-order valence-electron chi connectivity index (χ0n) is 9.44. The Labute approximate surface area is 101 Å². The maximum absolute atomic E-state index is 12.9. The number of ether oxygens (including phenoxy) is 1. The van der Waals surface area contributed by atoms with Crippen LogP contribution in [0.1, 0.15) is 23.7 Å². The van der Waals surface area contributed by atoms with Crippen molar-refractivity contribution in [1.29, 1.82) is 0 Å². The van der Waals surface area contributed by atoms with Crippen LogP contribution in [0.15, 0.2) is 12.1 Å². The SMILES string of the molecule is CCC(OC(=O)c1cc(F)c(F)cc1N)C(=O)O. The second-order valence-electron chi connectivity index (χ2n) is 3.49. The average Bonchev–Trinajstić information content (AvgIpc) is 2.29. The van der Waals surface area contributed by atoms with E-state index in [0.29, 0.717) is 12.1 Å². The lowest BCUT2D eigenvalue weighted by Crippen LogP contribution is -2.26. The van der Waals surface area contributed by atoms with Gasteiger partial charge in [0.05, 0.1) is 5.56 Å². The number of carbonyl (C=O) groups excluding carboxylic acids is 1. The van der Waals surface area contributed by atoms with Crippen molar-refractivity contribution >= 4 is 17.6 Å². The Balaban J connectivity index is 2.97. The van der Waals surface area contributed by atoms with Crippen molar-refractivity contribution in [1.82, 2.24) is 0 Å². The first kappa shape index (κ1) is 13.9. The molecule has 1 unspecified atom stereocenters. The van der Waals surface area contributed by atoms with Crippen molar-refractivity contribution < 1.29 is 28.2 Å². The maximum Gasteiger partial charge on any atom is 0.345 e. The quantitative estimate of drug-likeness (QED) is 0.632. The van der Waals surface area contributed by atoms with Crippen molar-refractivity contribution in [2.24, 2.45) is 0 Å². The predicted octanol–water partition coefficient (Wildman–Crippen LogP) is 1.57. The molecule has 1 aromatic carbocycles. The molecule has 7 heteroatoms. The number of aliphatic carboxylic acids is 1. The second-order valence-corrected chi connectivity index (χ2v) is 3.49. The molecule has 3 N–H and O–H groups in total. The lowest BCUT2D eigenvalue weighted by Gasteiger charge is -2.12. The van der Waals surface area contributed by atoms with Crippen LogP contribution in [0.5, 0.6) is 0 Å². The summed E-state index contributed by atoms with van der Waals surface area (Å²) in [6.45, 7) is 1.50. The van der Waals surface area contributed by atoms with Gasteiger partial charge in [0.1, 0.15) is 0 Å². The van der Waals surface area contributed by atoms with Crippen molar-refractivity contribution in [3.05, 3.63) is 29.3 Å². The summed E-state index contributed by atoms with van der Waals surface area (Å²) in [5.41, 5.74) is 4.60. The molecule has 98 valence electrons. The van der Waals surface area contributed by atoms with E-state index in [2.05, 4.69) is 4.74 Å². The number of carboxylic acids is 1. The van der Waals surface area contributed by atoms with E-state index < -0.39 is 35.2 Å². The molecular weight excluding hydrogens is 248 g/mol. The molecule has 0 amide bonds. The second kappa shape index (κ2) is 5.44. The standard InChI is InChI=1S/C11H11F2NO4/c1-2-9(10(15)16)18-11(17)5-3-6(12)7(13)4-8(5)14/h3-4,9H,2,14H2,1H3,(H,15,16). The van der Waals surface area contributed by atoms with Gasteiger partial charge in [-0.25, -0.2) is 18.4 Å². The third-order valence-corrected chi connectivity index (χ3v) is 2.21. The lowest BCUT2D eigenvalue weighted by molar-refractivity contribution is -0.147. The van der Waals surface area contributed by atoms with Crippen molar-refractivity contribution in [2.75, 3.05) is 5.73 Å². The highest BCUT2D eigenvalue weighted by molar-refractivity contribution is 5.96. The summed E-state index contributed by atoms with van der Waals surface area (Å²) in [7, 11) is 0. The summed E-state index contributed by atoms with van der Waals surface area (Å²) in [6.07, 6.45) is -1.31. The van der Waals surface area contributed by atoms with Gasteiger partial charge in [0.2, 0.25) is 0 Å². The average molecular weight is 259 g/mol. The number of carboxylic acid groups (broad SMARTS) is 1. The van der Waals surface area contributed by atoms with Crippen molar-refractivity contribution in [3.63, 3.8) is 0 Å². The Hall–Kier alpha value is -2.18. The number of nitrogen functional groups attached to an aromatic ring is 1. The van der Waals surface area contributed by atoms with E-state index in [0.717, 1.165) is 0 Å². The van der Waals surface area contributed by atoms with Crippen LogP contribution in [0.3, 0.4) is 0 Å². The number of hydrogen-bond acceptors (Lipinski definition) is 4. The van der Waals surface area contributed by atoms with Crippen LogP contribution in [0.4, 0.5) is 14.5 Å². The summed E-state index contributed by atoms with van der Waals surface area (Å²) in [5, 5.41) is 8.69. The van der Waals surface area contributed by atoms with Gasteiger partial charge in [-0.2, -0.15) is 0 Å². The summed E-state index contributed by atoms with van der Waals surface area (Å²) in [4.78, 5) is 22.2. The highest BCUT2D eigenvalue weighted by Crippen LogP contribution is 2.19. The fourth-order valence-electron chi connectivity index (χ4n) is 1.24. The molecule has 18 heavy (non-hydrogen) atoms. The number of hydrogen-bond donors (Lipinski definition) is 2. The van der Waals surface area contributed by atoms with Crippen LogP contribution in [-0.2, 0) is 9.53 Å². The summed E-state index contributed by atoms with van der Waals surface area (Å²) < 4.78 is 30.3. The zero-order valence-corrected chi connectivity index (χ0v) is 9.44. The van der Waals surface area contributed by atoms with Crippen LogP contribution in [-0.4, -0.2) is 23.1 Å². The minimum atomic E-state index is -1.36. The third-order valence-electron chi connectivity index (χ3n) is 2.21. The number of halogens is 2. The van der Waals surface area contributed by atoms with E-state index >= 15 is 0 Å². The van der Waals surface area contributed by atoms with Crippen LogP contribution in [0.2, 0.25) is 0 Å². The predicted molar refractivity (Wildman–Crippen MR) is 57.9 cm³/mol. The van der Waals surface area contributed by atoms with Crippen LogP contribution < -0.4 is 5.73 Å². The van der Waals surface area contributed by atoms with E-state index in [1.54, 1.807) is 0 Å². The summed E-state index contributed by atoms with van der Waals surface area (Å²) >= 11 is 0. The zero-order chi connectivity index (χ0) is 13.9. The fourth-order valence-corrected chi connectivity index (χ4v) is 1.24. The minimum Gasteiger partial charge on any atom is -0.479 e. The Morgan fingerprint density at radius 2 is 1.94 bits per heavy atom. The molecule has 0 fully saturated rings. The molecule has 0 aliphatic rings. The van der Waals surface area contributed by atoms with Crippen molar-refractivity contribution in [2.45, 2.75) is 19.4 Å². The first-order valence-corrected chi connectivity index (χ1v) is 5.05. The molecule has 1 rings (SSSR count). The molecule has 0 aromatic heterocycles. The van der Waals surface area contributed by atoms with E-state index in [4.69, 9.17) is 10.8 Å². The highest BCUT2D eigenvalue weighted by Gasteiger charge is 2.23. The van der Waals surface area contributed by atoms with Crippen LogP contribution in [0.25, 0.3) is 0 Å². The molecule has 1 aromatic rings. The topological polar surface area (TPSA) is 89.6 Å². The Bertz CT molecular complexity index is 490. The van der Waals surface area contributed by atoms with Gasteiger partial charge in [0, 0.05) is 11.8 Å². The molecule has 0 heterocycles. The monoisotopic (exact) mass is 259 g/mol. The van der Waals surface area contributed by atoms with Gasteiger partial charge >= 0.3 is 11.9 Å². The number of rotatable bonds is 4. The molecule has 0 aliphatic heterocycles. The van der Waals surface area contributed by atoms with Gasteiger partial charge in [0.15, 0.2) is 17.7 Å². The van der Waals surface area contributed by atoms with Crippen LogP contribution >= 0.6 is 0 Å². The number of esters is 1. The molecule has 0 aliphatic carbocycles. The van der Waals surface area contributed by atoms with Crippen molar-refractivity contribution in [3.8, 4) is 0 Å². The number of anilines is 1. The van der Waals surface area contributed by atoms with Gasteiger partial charge in [-0.05, 0) is 12.5 Å². The van der Waals surface area contributed by atoms with Gasteiger partial charge in [0.25, 0.3) is 0 Å². The van der Waals surface area contributed by atoms with E-state index in [1.165, 1.54) is 6.92 Å². The van der Waals surface area contributed by atoms with Gasteiger partial charge < -0.3 is 15.6 Å². The largest absolute Gasteiger partial charge is 0.479 e. The molecule has 1 atom stereocenters.